The molecule has 1 amide bonds. The summed E-state index contributed by atoms with van der Waals surface area (Å²) in [5, 5.41) is 13.8. The van der Waals surface area contributed by atoms with Crippen LogP contribution < -0.4 is 5.32 Å². The largest absolute Gasteiger partial charge is 0.369 e. The quantitative estimate of drug-likeness (QED) is 0.857. The maximum atomic E-state index is 12.3. The van der Waals surface area contributed by atoms with Crippen molar-refractivity contribution >= 4 is 5.91 Å². The molecule has 0 unspecified atom stereocenters. The smallest absolute Gasteiger partial charge is 0.272 e. The predicted octanol–water partition coefficient (Wildman–Crippen LogP) is 0.490. The van der Waals surface area contributed by atoms with Crippen molar-refractivity contribution in [3.05, 3.63) is 29.1 Å². The fourth-order valence-electron chi connectivity index (χ4n) is 2.58. The number of fused-ring (bicyclic) bond motifs is 1. The van der Waals surface area contributed by atoms with Crippen LogP contribution in [0, 0.1) is 0 Å². The molecule has 2 atom stereocenters. The molecule has 0 saturated heterocycles. The summed E-state index contributed by atoms with van der Waals surface area (Å²) in [5.74, 6) is 0.481. The second-order valence-corrected chi connectivity index (χ2v) is 5.24. The number of H-pyrrole nitrogens is 1. The Balaban J connectivity index is 1.75. The van der Waals surface area contributed by atoms with Crippen LogP contribution in [0.3, 0.4) is 0 Å². The molecule has 2 aromatic rings. The summed E-state index contributed by atoms with van der Waals surface area (Å²) in [7, 11) is 1.78. The Hall–Kier alpha value is -2.22. The minimum Gasteiger partial charge on any atom is -0.369 e. The van der Waals surface area contributed by atoms with E-state index < -0.39 is 0 Å². The molecule has 0 bridgehead atoms. The molecule has 2 aromatic heterocycles. The summed E-state index contributed by atoms with van der Waals surface area (Å²) in [4.78, 5) is 16.4. The monoisotopic (exact) mass is 290 g/mol. The SMILES string of the molecule is C[C@@H]1Cc2c(C(=O)NCc3ncnn3C)n[nH]c2[C@H](C)O1. The minimum absolute atomic E-state index is 0.0726. The molecule has 21 heavy (non-hydrogen) atoms. The first-order chi connectivity index (χ1) is 10.1. The van der Waals surface area contributed by atoms with Gasteiger partial charge in [-0.2, -0.15) is 10.2 Å². The van der Waals surface area contributed by atoms with E-state index in [1.807, 2.05) is 13.8 Å². The van der Waals surface area contributed by atoms with Crippen molar-refractivity contribution < 1.29 is 9.53 Å². The van der Waals surface area contributed by atoms with Crippen LogP contribution in [0.4, 0.5) is 0 Å². The summed E-state index contributed by atoms with van der Waals surface area (Å²) >= 11 is 0. The summed E-state index contributed by atoms with van der Waals surface area (Å²) in [5.41, 5.74) is 2.27. The van der Waals surface area contributed by atoms with Crippen LogP contribution in [-0.4, -0.2) is 37.0 Å². The Labute approximate surface area is 121 Å². The van der Waals surface area contributed by atoms with E-state index in [0.717, 1.165) is 11.3 Å². The van der Waals surface area contributed by atoms with Gasteiger partial charge in [0.05, 0.1) is 24.4 Å². The molecular weight excluding hydrogens is 272 g/mol. The molecule has 0 fully saturated rings. The minimum atomic E-state index is -0.211. The first kappa shape index (κ1) is 13.7. The van der Waals surface area contributed by atoms with Crippen LogP contribution in [-0.2, 0) is 24.8 Å². The highest BCUT2D eigenvalue weighted by Crippen LogP contribution is 2.29. The fourth-order valence-corrected chi connectivity index (χ4v) is 2.58. The lowest BCUT2D eigenvalue weighted by molar-refractivity contribution is -0.00697. The molecule has 112 valence electrons. The standard InChI is InChI=1S/C13H18N6O2/c1-7-4-9-11(8(2)21-7)17-18-12(9)13(20)14-5-10-15-6-16-19(10)3/h6-8H,4-5H2,1-3H3,(H,14,20)(H,17,18)/t7-,8+/m1/s1. The van der Waals surface area contributed by atoms with E-state index in [1.165, 1.54) is 6.33 Å². The van der Waals surface area contributed by atoms with Gasteiger partial charge in [0.1, 0.15) is 12.2 Å². The molecular formula is C13H18N6O2. The second-order valence-electron chi connectivity index (χ2n) is 5.24. The Bertz CT molecular complexity index is 661. The van der Waals surface area contributed by atoms with Crippen LogP contribution in [0.2, 0.25) is 0 Å². The highest BCUT2D eigenvalue weighted by atomic mass is 16.5. The molecule has 8 heteroatoms. The molecule has 2 N–H and O–H groups in total. The van der Waals surface area contributed by atoms with Gasteiger partial charge in [-0.05, 0) is 13.8 Å². The van der Waals surface area contributed by atoms with Crippen molar-refractivity contribution in [3.8, 4) is 0 Å². The summed E-state index contributed by atoms with van der Waals surface area (Å²) in [6.07, 6.45) is 2.15. The predicted molar refractivity (Wildman–Crippen MR) is 73.4 cm³/mol. The molecule has 1 aliphatic rings. The van der Waals surface area contributed by atoms with Crippen LogP contribution in [0.15, 0.2) is 6.33 Å². The maximum absolute atomic E-state index is 12.3. The highest BCUT2D eigenvalue weighted by Gasteiger charge is 2.29. The molecule has 0 aliphatic carbocycles. The average molecular weight is 290 g/mol. The third-order valence-electron chi connectivity index (χ3n) is 3.66. The Morgan fingerprint density at radius 1 is 1.57 bits per heavy atom. The first-order valence-corrected chi connectivity index (χ1v) is 6.90. The van der Waals surface area contributed by atoms with Crippen molar-refractivity contribution in [1.82, 2.24) is 30.3 Å². The number of carbonyl (C=O) groups excluding carboxylic acids is 1. The molecule has 0 aromatic carbocycles. The van der Waals surface area contributed by atoms with E-state index in [-0.39, 0.29) is 18.1 Å². The number of ether oxygens (including phenoxy) is 1. The van der Waals surface area contributed by atoms with E-state index in [1.54, 1.807) is 11.7 Å². The van der Waals surface area contributed by atoms with Gasteiger partial charge in [0.2, 0.25) is 0 Å². The van der Waals surface area contributed by atoms with Crippen molar-refractivity contribution in [3.63, 3.8) is 0 Å². The first-order valence-electron chi connectivity index (χ1n) is 6.90. The van der Waals surface area contributed by atoms with Gasteiger partial charge in [0, 0.05) is 19.0 Å². The van der Waals surface area contributed by atoms with Gasteiger partial charge in [0.25, 0.3) is 5.91 Å². The zero-order valence-corrected chi connectivity index (χ0v) is 12.3. The van der Waals surface area contributed by atoms with Crippen molar-refractivity contribution in [2.75, 3.05) is 0 Å². The number of rotatable bonds is 3. The number of aromatic amines is 1. The molecule has 0 spiro atoms. The van der Waals surface area contributed by atoms with Crippen molar-refractivity contribution in [2.45, 2.75) is 39.0 Å². The molecule has 0 radical (unpaired) electrons. The second kappa shape index (κ2) is 5.28. The summed E-state index contributed by atoms with van der Waals surface area (Å²) in [6.45, 7) is 4.26. The van der Waals surface area contributed by atoms with Gasteiger partial charge in [-0.1, -0.05) is 0 Å². The van der Waals surface area contributed by atoms with E-state index in [0.29, 0.717) is 24.5 Å². The maximum Gasteiger partial charge on any atom is 0.272 e. The van der Waals surface area contributed by atoms with E-state index in [9.17, 15) is 4.79 Å². The van der Waals surface area contributed by atoms with E-state index >= 15 is 0 Å². The Morgan fingerprint density at radius 2 is 2.38 bits per heavy atom. The van der Waals surface area contributed by atoms with Gasteiger partial charge in [0.15, 0.2) is 5.69 Å². The number of hydrogen-bond donors (Lipinski definition) is 2. The zero-order valence-electron chi connectivity index (χ0n) is 12.3. The van der Waals surface area contributed by atoms with E-state index in [2.05, 4.69) is 25.6 Å². The van der Waals surface area contributed by atoms with Gasteiger partial charge in [-0.15, -0.1) is 0 Å². The number of hydrogen-bond acceptors (Lipinski definition) is 5. The Morgan fingerprint density at radius 3 is 3.10 bits per heavy atom. The average Bonchev–Trinajstić information content (AvgIpc) is 3.02. The van der Waals surface area contributed by atoms with Gasteiger partial charge in [-0.3, -0.25) is 14.6 Å². The summed E-state index contributed by atoms with van der Waals surface area (Å²) < 4.78 is 7.34. The number of carbonyl (C=O) groups is 1. The topological polar surface area (TPSA) is 97.7 Å². The van der Waals surface area contributed by atoms with Crippen LogP contribution in [0.1, 0.15) is 47.5 Å². The van der Waals surface area contributed by atoms with Gasteiger partial charge < -0.3 is 10.1 Å². The molecule has 8 nitrogen and oxygen atoms in total. The number of nitrogens with one attached hydrogen (secondary N) is 2. The zero-order chi connectivity index (χ0) is 15.0. The normalized spacial score (nSPS) is 21.1. The lowest BCUT2D eigenvalue weighted by Gasteiger charge is -2.25. The number of nitrogens with zero attached hydrogens (tertiary/aromatic N) is 4. The molecule has 0 saturated carbocycles. The Kier molecular flexibility index (Phi) is 3.46. The van der Waals surface area contributed by atoms with Crippen molar-refractivity contribution in [2.24, 2.45) is 7.05 Å². The lowest BCUT2D eigenvalue weighted by atomic mass is 9.99. The van der Waals surface area contributed by atoms with Crippen LogP contribution in [0.25, 0.3) is 0 Å². The molecule has 3 heterocycles. The van der Waals surface area contributed by atoms with Crippen LogP contribution in [0.5, 0.6) is 0 Å². The lowest BCUT2D eigenvalue weighted by Crippen LogP contribution is -2.28. The highest BCUT2D eigenvalue weighted by molar-refractivity contribution is 5.94. The number of aryl methyl sites for hydroxylation is 1. The molecule has 3 rings (SSSR count). The third kappa shape index (κ3) is 2.54. The summed E-state index contributed by atoms with van der Waals surface area (Å²) in [6, 6.07) is 0. The number of aromatic nitrogens is 5. The van der Waals surface area contributed by atoms with Gasteiger partial charge in [-0.25, -0.2) is 4.98 Å². The molecule has 1 aliphatic heterocycles. The van der Waals surface area contributed by atoms with E-state index in [4.69, 9.17) is 4.74 Å². The van der Waals surface area contributed by atoms with Gasteiger partial charge >= 0.3 is 0 Å². The van der Waals surface area contributed by atoms with Crippen molar-refractivity contribution in [1.29, 1.82) is 0 Å². The number of amides is 1. The fraction of sp³-hybridized carbons (Fsp3) is 0.538. The third-order valence-corrected chi connectivity index (χ3v) is 3.66. The van der Waals surface area contributed by atoms with Crippen LogP contribution >= 0.6 is 0 Å².